The SMILES string of the molecule is CCc1ccc2c(Br)cnc(N(C)CC(=O)O)c2c1. The molecule has 0 radical (unpaired) electrons. The summed E-state index contributed by atoms with van der Waals surface area (Å²) in [4.78, 5) is 16.8. The molecular weight excluding hydrogens is 308 g/mol. The molecule has 0 unspecified atom stereocenters. The highest BCUT2D eigenvalue weighted by atomic mass is 79.9. The zero-order valence-corrected chi connectivity index (χ0v) is 12.4. The molecule has 0 amide bonds. The van der Waals surface area contributed by atoms with Crippen molar-refractivity contribution in [3.05, 3.63) is 34.4 Å². The average Bonchev–Trinajstić information content (AvgIpc) is 2.37. The van der Waals surface area contributed by atoms with Crippen LogP contribution in [0.1, 0.15) is 12.5 Å². The molecule has 0 fully saturated rings. The molecule has 0 saturated carbocycles. The van der Waals surface area contributed by atoms with E-state index in [1.54, 1.807) is 18.1 Å². The van der Waals surface area contributed by atoms with Gasteiger partial charge in [0.15, 0.2) is 0 Å². The molecule has 4 nitrogen and oxygen atoms in total. The normalized spacial score (nSPS) is 10.7. The fourth-order valence-corrected chi connectivity index (χ4v) is 2.49. The van der Waals surface area contributed by atoms with Crippen molar-refractivity contribution in [2.24, 2.45) is 0 Å². The molecule has 1 N–H and O–H groups in total. The second-order valence-corrected chi connectivity index (χ2v) is 5.27. The van der Waals surface area contributed by atoms with Crippen LogP contribution >= 0.6 is 15.9 Å². The molecule has 0 aliphatic rings. The third-order valence-corrected chi connectivity index (χ3v) is 3.66. The maximum Gasteiger partial charge on any atom is 0.323 e. The Kier molecular flexibility index (Phi) is 4.04. The highest BCUT2D eigenvalue weighted by Crippen LogP contribution is 2.30. The number of carboxylic acid groups (broad SMARTS) is 1. The van der Waals surface area contributed by atoms with Gasteiger partial charge in [-0.05, 0) is 34.0 Å². The molecule has 1 aromatic heterocycles. The van der Waals surface area contributed by atoms with Crippen molar-refractivity contribution in [3.63, 3.8) is 0 Å². The summed E-state index contributed by atoms with van der Waals surface area (Å²) < 4.78 is 0.914. The van der Waals surface area contributed by atoms with E-state index in [2.05, 4.69) is 40.0 Å². The molecule has 0 bridgehead atoms. The van der Waals surface area contributed by atoms with Gasteiger partial charge in [0.2, 0.25) is 0 Å². The van der Waals surface area contributed by atoms with Crippen LogP contribution in [-0.2, 0) is 11.2 Å². The molecule has 1 heterocycles. The van der Waals surface area contributed by atoms with Gasteiger partial charge in [-0.15, -0.1) is 0 Å². The van der Waals surface area contributed by atoms with Crippen molar-refractivity contribution in [1.82, 2.24) is 4.98 Å². The highest BCUT2D eigenvalue weighted by molar-refractivity contribution is 9.10. The molecular formula is C14H15BrN2O2. The van der Waals surface area contributed by atoms with Gasteiger partial charge >= 0.3 is 5.97 Å². The fraction of sp³-hybridized carbons (Fsp3) is 0.286. The first kappa shape index (κ1) is 13.8. The van der Waals surface area contributed by atoms with Crippen LogP contribution in [0.2, 0.25) is 0 Å². The number of benzene rings is 1. The number of carbonyl (C=O) groups is 1. The molecule has 0 aliphatic carbocycles. The fourth-order valence-electron chi connectivity index (χ4n) is 2.04. The lowest BCUT2D eigenvalue weighted by molar-refractivity contribution is -0.135. The number of anilines is 1. The number of hydrogen-bond acceptors (Lipinski definition) is 3. The maximum absolute atomic E-state index is 10.8. The smallest absolute Gasteiger partial charge is 0.323 e. The quantitative estimate of drug-likeness (QED) is 0.939. The Bertz CT molecular complexity index is 628. The number of aromatic nitrogens is 1. The van der Waals surface area contributed by atoms with Crippen molar-refractivity contribution >= 4 is 38.5 Å². The predicted molar refractivity (Wildman–Crippen MR) is 79.7 cm³/mol. The second-order valence-electron chi connectivity index (χ2n) is 4.41. The minimum atomic E-state index is -0.869. The Hall–Kier alpha value is -1.62. The first-order valence-electron chi connectivity index (χ1n) is 6.03. The number of rotatable bonds is 4. The molecule has 0 aliphatic heterocycles. The number of aryl methyl sites for hydroxylation is 1. The molecule has 2 rings (SSSR count). The lowest BCUT2D eigenvalue weighted by Crippen LogP contribution is -2.26. The van der Waals surface area contributed by atoms with Crippen LogP contribution < -0.4 is 4.90 Å². The van der Waals surface area contributed by atoms with E-state index in [0.29, 0.717) is 5.82 Å². The van der Waals surface area contributed by atoms with Gasteiger partial charge < -0.3 is 10.0 Å². The third-order valence-electron chi connectivity index (χ3n) is 3.02. The Morgan fingerprint density at radius 3 is 2.79 bits per heavy atom. The highest BCUT2D eigenvalue weighted by Gasteiger charge is 2.12. The van der Waals surface area contributed by atoms with Crippen molar-refractivity contribution in [3.8, 4) is 0 Å². The molecule has 19 heavy (non-hydrogen) atoms. The summed E-state index contributed by atoms with van der Waals surface area (Å²) >= 11 is 3.48. The predicted octanol–water partition coefficient (Wildman–Crippen LogP) is 3.08. The number of pyridine rings is 1. The van der Waals surface area contributed by atoms with E-state index in [0.717, 1.165) is 21.7 Å². The van der Waals surface area contributed by atoms with E-state index >= 15 is 0 Å². The molecule has 100 valence electrons. The van der Waals surface area contributed by atoms with E-state index < -0.39 is 5.97 Å². The number of hydrogen-bond donors (Lipinski definition) is 1. The molecule has 0 atom stereocenters. The monoisotopic (exact) mass is 322 g/mol. The zero-order chi connectivity index (χ0) is 14.0. The van der Waals surface area contributed by atoms with Gasteiger partial charge in [0, 0.05) is 28.5 Å². The number of carboxylic acids is 1. The average molecular weight is 323 g/mol. The largest absolute Gasteiger partial charge is 0.480 e. The summed E-state index contributed by atoms with van der Waals surface area (Å²) in [5.41, 5.74) is 1.21. The molecule has 0 saturated heterocycles. The summed E-state index contributed by atoms with van der Waals surface area (Å²) in [7, 11) is 1.74. The first-order valence-corrected chi connectivity index (χ1v) is 6.82. The van der Waals surface area contributed by atoms with Crippen LogP contribution in [0.25, 0.3) is 10.8 Å². The second kappa shape index (κ2) is 5.57. The Morgan fingerprint density at radius 2 is 2.16 bits per heavy atom. The van der Waals surface area contributed by atoms with Gasteiger partial charge in [0.05, 0.1) is 0 Å². The van der Waals surface area contributed by atoms with E-state index in [4.69, 9.17) is 5.11 Å². The van der Waals surface area contributed by atoms with E-state index in [1.807, 2.05) is 6.07 Å². The van der Waals surface area contributed by atoms with Gasteiger partial charge in [-0.1, -0.05) is 19.1 Å². The van der Waals surface area contributed by atoms with Crippen LogP contribution in [0.3, 0.4) is 0 Å². The number of halogens is 1. The number of nitrogens with zero attached hydrogens (tertiary/aromatic N) is 2. The lowest BCUT2D eigenvalue weighted by atomic mass is 10.1. The van der Waals surface area contributed by atoms with Crippen molar-refractivity contribution in [2.75, 3.05) is 18.5 Å². The number of fused-ring (bicyclic) bond motifs is 1. The van der Waals surface area contributed by atoms with Crippen LogP contribution in [0.4, 0.5) is 5.82 Å². The summed E-state index contributed by atoms with van der Waals surface area (Å²) in [6, 6.07) is 6.19. The Balaban J connectivity index is 2.60. The van der Waals surface area contributed by atoms with Gasteiger partial charge in [-0.25, -0.2) is 4.98 Å². The van der Waals surface area contributed by atoms with Gasteiger partial charge in [0.1, 0.15) is 12.4 Å². The first-order chi connectivity index (χ1) is 9.02. The van der Waals surface area contributed by atoms with Crippen molar-refractivity contribution in [1.29, 1.82) is 0 Å². The number of likely N-dealkylation sites (N-methyl/N-ethyl adjacent to an activating group) is 1. The third kappa shape index (κ3) is 2.87. The maximum atomic E-state index is 10.8. The molecule has 1 aromatic carbocycles. The van der Waals surface area contributed by atoms with Gasteiger partial charge in [-0.2, -0.15) is 0 Å². The minimum Gasteiger partial charge on any atom is -0.480 e. The summed E-state index contributed by atoms with van der Waals surface area (Å²) in [6.45, 7) is 2.02. The van der Waals surface area contributed by atoms with Crippen LogP contribution in [0, 0.1) is 0 Å². The lowest BCUT2D eigenvalue weighted by Gasteiger charge is -2.18. The topological polar surface area (TPSA) is 53.4 Å². The summed E-state index contributed by atoms with van der Waals surface area (Å²) in [5, 5.41) is 10.9. The van der Waals surface area contributed by atoms with E-state index in [9.17, 15) is 4.79 Å². The summed E-state index contributed by atoms with van der Waals surface area (Å²) in [6.07, 6.45) is 2.65. The standard InChI is InChI=1S/C14H15BrN2O2/c1-3-9-4-5-10-11(6-9)14(16-7-12(10)15)17(2)8-13(18)19/h4-7H,3,8H2,1-2H3,(H,18,19). The van der Waals surface area contributed by atoms with Crippen LogP contribution in [0.15, 0.2) is 28.9 Å². The molecule has 5 heteroatoms. The van der Waals surface area contributed by atoms with Crippen molar-refractivity contribution < 1.29 is 9.90 Å². The molecule has 2 aromatic rings. The van der Waals surface area contributed by atoms with E-state index in [-0.39, 0.29) is 6.54 Å². The molecule has 0 spiro atoms. The number of aliphatic carboxylic acids is 1. The van der Waals surface area contributed by atoms with Crippen molar-refractivity contribution in [2.45, 2.75) is 13.3 Å². The van der Waals surface area contributed by atoms with E-state index in [1.165, 1.54) is 5.56 Å². The minimum absolute atomic E-state index is 0.0694. The van der Waals surface area contributed by atoms with Gasteiger partial charge in [0.25, 0.3) is 0 Å². The Labute approximate surface area is 120 Å². The zero-order valence-electron chi connectivity index (χ0n) is 10.9. The van der Waals surface area contributed by atoms with Crippen LogP contribution in [0.5, 0.6) is 0 Å². The van der Waals surface area contributed by atoms with Crippen LogP contribution in [-0.4, -0.2) is 29.7 Å². The van der Waals surface area contributed by atoms with Gasteiger partial charge in [-0.3, -0.25) is 4.79 Å². The Morgan fingerprint density at radius 1 is 1.42 bits per heavy atom. The summed E-state index contributed by atoms with van der Waals surface area (Å²) in [5.74, 6) is -0.178.